The minimum absolute atomic E-state index is 0.00417. The summed E-state index contributed by atoms with van der Waals surface area (Å²) in [4.78, 5) is 24.2. The smallest absolute Gasteiger partial charge is 0.349 e. The molecule has 1 amide bonds. The Morgan fingerprint density at radius 2 is 2.14 bits per heavy atom. The minimum Gasteiger partial charge on any atom is -0.421 e. The third-order valence-corrected chi connectivity index (χ3v) is 4.56. The first kappa shape index (κ1) is 15.7. The lowest BCUT2D eigenvalue weighted by Crippen LogP contribution is -2.34. The van der Waals surface area contributed by atoms with Crippen molar-refractivity contribution < 1.29 is 13.9 Å². The van der Waals surface area contributed by atoms with Crippen molar-refractivity contribution in [1.29, 1.82) is 0 Å². The fourth-order valence-corrected chi connectivity index (χ4v) is 3.76. The Hall–Kier alpha value is -1.18. The summed E-state index contributed by atoms with van der Waals surface area (Å²) in [6, 6.07) is 5.11. The molecule has 0 radical (unpaired) electrons. The van der Waals surface area contributed by atoms with Gasteiger partial charge in [-0.1, -0.05) is 15.9 Å². The van der Waals surface area contributed by atoms with E-state index in [1.165, 1.54) is 0 Å². The molecule has 5 nitrogen and oxygen atoms in total. The molecule has 116 valence electrons. The fraction of sp³-hybridized carbons (Fsp3) is 0.333. The van der Waals surface area contributed by atoms with Crippen LogP contribution in [-0.2, 0) is 4.74 Å². The third-order valence-electron chi connectivity index (χ3n) is 3.51. The predicted molar refractivity (Wildman–Crippen MR) is 89.2 cm³/mol. The number of hydrogen-bond donors (Lipinski definition) is 1. The average molecular weight is 431 g/mol. The fourth-order valence-electron chi connectivity index (χ4n) is 2.42. The number of rotatable bonds is 3. The molecule has 1 aliphatic heterocycles. The van der Waals surface area contributed by atoms with E-state index in [1.807, 2.05) is 0 Å². The molecule has 7 heteroatoms. The molecule has 0 unspecified atom stereocenters. The molecule has 1 aromatic carbocycles. The van der Waals surface area contributed by atoms with Crippen LogP contribution in [0.25, 0.3) is 11.0 Å². The van der Waals surface area contributed by atoms with E-state index in [2.05, 4.69) is 37.2 Å². The largest absolute Gasteiger partial charge is 0.421 e. The maximum Gasteiger partial charge on any atom is 0.349 e. The number of fused-ring (bicyclic) bond motifs is 1. The van der Waals surface area contributed by atoms with Gasteiger partial charge in [-0.25, -0.2) is 4.79 Å². The Morgan fingerprint density at radius 1 is 1.32 bits per heavy atom. The molecular formula is C15H13Br2NO4. The van der Waals surface area contributed by atoms with Crippen molar-refractivity contribution in [2.45, 2.75) is 18.9 Å². The standard InChI is InChI=1S/C15H13Br2NO4/c16-9-4-8-5-11(15(20)22-13(8)12(17)6-9)14(19)18-7-10-2-1-3-21-10/h4-6,10H,1-3,7H2,(H,18,19)/t10-/m0/s1. The SMILES string of the molecule is O=C(NC[C@@H]1CCCO1)c1cc2cc(Br)cc(Br)c2oc1=O. The van der Waals surface area contributed by atoms with Crippen LogP contribution >= 0.6 is 31.9 Å². The van der Waals surface area contributed by atoms with Crippen molar-refractivity contribution in [1.82, 2.24) is 5.32 Å². The molecule has 1 atom stereocenters. The maximum atomic E-state index is 12.2. The first-order chi connectivity index (χ1) is 10.5. The quantitative estimate of drug-likeness (QED) is 0.759. The highest BCUT2D eigenvalue weighted by atomic mass is 79.9. The normalized spacial score (nSPS) is 17.8. The molecule has 22 heavy (non-hydrogen) atoms. The van der Waals surface area contributed by atoms with Crippen LogP contribution in [0, 0.1) is 0 Å². The van der Waals surface area contributed by atoms with E-state index in [0.717, 1.165) is 23.9 Å². The molecular weight excluding hydrogens is 418 g/mol. The predicted octanol–water partition coefficient (Wildman–Crippen LogP) is 3.23. The van der Waals surface area contributed by atoms with Crippen LogP contribution in [0.2, 0.25) is 0 Å². The number of nitrogens with one attached hydrogen (secondary N) is 1. The van der Waals surface area contributed by atoms with Gasteiger partial charge in [0, 0.05) is 23.0 Å². The Balaban J connectivity index is 1.87. The van der Waals surface area contributed by atoms with E-state index in [1.54, 1.807) is 18.2 Å². The highest BCUT2D eigenvalue weighted by molar-refractivity contribution is 9.11. The van der Waals surface area contributed by atoms with Crippen molar-refractivity contribution in [3.63, 3.8) is 0 Å². The van der Waals surface area contributed by atoms with Gasteiger partial charge in [-0.2, -0.15) is 0 Å². The van der Waals surface area contributed by atoms with Gasteiger partial charge in [-0.3, -0.25) is 4.79 Å². The summed E-state index contributed by atoms with van der Waals surface area (Å²) in [5.41, 5.74) is -0.236. The average Bonchev–Trinajstić information content (AvgIpc) is 2.98. The number of halogens is 2. The molecule has 0 saturated carbocycles. The van der Waals surface area contributed by atoms with E-state index < -0.39 is 11.5 Å². The van der Waals surface area contributed by atoms with Crippen molar-refractivity contribution in [2.75, 3.05) is 13.2 Å². The summed E-state index contributed by atoms with van der Waals surface area (Å²) in [7, 11) is 0. The molecule has 1 N–H and O–H groups in total. The van der Waals surface area contributed by atoms with Crippen LogP contribution in [-0.4, -0.2) is 25.2 Å². The summed E-state index contributed by atoms with van der Waals surface area (Å²) in [5.74, 6) is -0.442. The van der Waals surface area contributed by atoms with Gasteiger partial charge < -0.3 is 14.5 Å². The second-order valence-electron chi connectivity index (χ2n) is 5.10. The summed E-state index contributed by atoms with van der Waals surface area (Å²) in [6.45, 7) is 1.12. The zero-order valence-electron chi connectivity index (χ0n) is 11.5. The van der Waals surface area contributed by atoms with Gasteiger partial charge in [0.1, 0.15) is 5.56 Å². The summed E-state index contributed by atoms with van der Waals surface area (Å²) >= 11 is 6.71. The van der Waals surface area contributed by atoms with Gasteiger partial charge in [-0.05, 0) is 47.0 Å². The zero-order valence-corrected chi connectivity index (χ0v) is 14.7. The van der Waals surface area contributed by atoms with Crippen LogP contribution in [0.4, 0.5) is 0 Å². The Kier molecular flexibility index (Phi) is 4.65. The zero-order chi connectivity index (χ0) is 15.7. The number of carbonyl (C=O) groups is 1. The van der Waals surface area contributed by atoms with E-state index in [4.69, 9.17) is 9.15 Å². The molecule has 1 saturated heterocycles. The van der Waals surface area contributed by atoms with Gasteiger partial charge in [-0.15, -0.1) is 0 Å². The number of ether oxygens (including phenoxy) is 1. The van der Waals surface area contributed by atoms with Gasteiger partial charge in [0.25, 0.3) is 5.91 Å². The molecule has 0 aliphatic carbocycles. The van der Waals surface area contributed by atoms with Crippen LogP contribution in [0.3, 0.4) is 0 Å². The van der Waals surface area contributed by atoms with Crippen LogP contribution in [0.5, 0.6) is 0 Å². The monoisotopic (exact) mass is 429 g/mol. The Bertz CT molecular complexity index is 781. The van der Waals surface area contributed by atoms with E-state index in [-0.39, 0.29) is 11.7 Å². The summed E-state index contributed by atoms with van der Waals surface area (Å²) in [6.07, 6.45) is 1.95. The van der Waals surface area contributed by atoms with Crippen molar-refractivity contribution in [2.24, 2.45) is 0 Å². The molecule has 0 spiro atoms. The second kappa shape index (κ2) is 6.52. The van der Waals surface area contributed by atoms with Gasteiger partial charge in [0.05, 0.1) is 10.6 Å². The number of benzene rings is 1. The lowest BCUT2D eigenvalue weighted by Gasteiger charge is -2.10. The molecule has 2 heterocycles. The van der Waals surface area contributed by atoms with Crippen molar-refractivity contribution >= 4 is 48.7 Å². The van der Waals surface area contributed by atoms with Crippen LogP contribution in [0.1, 0.15) is 23.2 Å². The van der Waals surface area contributed by atoms with Gasteiger partial charge in [0.2, 0.25) is 0 Å². The van der Waals surface area contributed by atoms with Crippen molar-refractivity contribution in [3.8, 4) is 0 Å². The molecule has 1 aliphatic rings. The highest BCUT2D eigenvalue weighted by Crippen LogP contribution is 2.28. The molecule has 2 aromatic rings. The van der Waals surface area contributed by atoms with Crippen LogP contribution in [0.15, 0.2) is 36.4 Å². The molecule has 1 aromatic heterocycles. The Morgan fingerprint density at radius 3 is 2.86 bits per heavy atom. The lowest BCUT2D eigenvalue weighted by atomic mass is 10.1. The van der Waals surface area contributed by atoms with Crippen molar-refractivity contribution in [3.05, 3.63) is 43.1 Å². The first-order valence-corrected chi connectivity index (χ1v) is 8.46. The number of hydrogen-bond acceptors (Lipinski definition) is 4. The number of carbonyl (C=O) groups excluding carboxylic acids is 1. The van der Waals surface area contributed by atoms with Crippen LogP contribution < -0.4 is 10.9 Å². The van der Waals surface area contributed by atoms with E-state index in [0.29, 0.717) is 22.0 Å². The van der Waals surface area contributed by atoms with E-state index in [9.17, 15) is 9.59 Å². The second-order valence-corrected chi connectivity index (χ2v) is 6.87. The minimum atomic E-state index is -0.652. The first-order valence-electron chi connectivity index (χ1n) is 6.87. The number of amides is 1. The summed E-state index contributed by atoms with van der Waals surface area (Å²) < 4.78 is 12.2. The molecule has 1 fully saturated rings. The third kappa shape index (κ3) is 3.26. The topological polar surface area (TPSA) is 68.5 Å². The molecule has 3 rings (SSSR count). The van der Waals surface area contributed by atoms with E-state index >= 15 is 0 Å². The maximum absolute atomic E-state index is 12.2. The Labute approximate surface area is 143 Å². The molecule has 0 bridgehead atoms. The van der Waals surface area contributed by atoms with Gasteiger partial charge >= 0.3 is 5.63 Å². The summed E-state index contributed by atoms with van der Waals surface area (Å²) in [5, 5.41) is 3.40. The van der Waals surface area contributed by atoms with Gasteiger partial charge in [0.15, 0.2) is 5.58 Å². The highest BCUT2D eigenvalue weighted by Gasteiger charge is 2.19. The lowest BCUT2D eigenvalue weighted by molar-refractivity contribution is 0.0855.